The average molecular weight is 283 g/mol. The van der Waals surface area contributed by atoms with Crippen molar-refractivity contribution in [2.75, 3.05) is 5.73 Å². The molecule has 0 saturated carbocycles. The van der Waals surface area contributed by atoms with Crippen LogP contribution in [-0.2, 0) is 6.54 Å². The Hall–Kier alpha value is -2.36. The fourth-order valence-corrected chi connectivity index (χ4v) is 2.64. The van der Waals surface area contributed by atoms with E-state index in [1.807, 2.05) is 28.8 Å². The van der Waals surface area contributed by atoms with E-state index < -0.39 is 0 Å². The average Bonchev–Trinajstić information content (AvgIpc) is 2.83. The predicted octanol–water partition coefficient (Wildman–Crippen LogP) is 3.95. The molecule has 3 nitrogen and oxygen atoms in total. The molecule has 1 aromatic heterocycles. The number of aromatic nitrogens is 2. The summed E-state index contributed by atoms with van der Waals surface area (Å²) in [6, 6.07) is 15.3. The van der Waals surface area contributed by atoms with Crippen molar-refractivity contribution in [1.29, 1.82) is 0 Å². The lowest BCUT2D eigenvalue weighted by Gasteiger charge is -2.13. The molecule has 0 radical (unpaired) electrons. The number of rotatable bonds is 4. The first-order chi connectivity index (χ1) is 10.2. The zero-order valence-corrected chi connectivity index (χ0v) is 12.0. The van der Waals surface area contributed by atoms with Gasteiger partial charge in [0.2, 0.25) is 5.95 Å². The molecule has 1 atom stereocenters. The minimum absolute atomic E-state index is 0.325. The molecule has 3 rings (SSSR count). The molecular formula is C17H18FN3. The molecule has 0 saturated heterocycles. The number of fused-ring (bicyclic) bond motifs is 1. The van der Waals surface area contributed by atoms with Gasteiger partial charge in [-0.2, -0.15) is 0 Å². The van der Waals surface area contributed by atoms with E-state index in [1.54, 1.807) is 6.07 Å². The number of aryl methyl sites for hydroxylation is 1. The molecule has 2 aromatic carbocycles. The van der Waals surface area contributed by atoms with Crippen molar-refractivity contribution in [3.63, 3.8) is 0 Å². The van der Waals surface area contributed by atoms with Crippen LogP contribution in [0.15, 0.2) is 48.5 Å². The summed E-state index contributed by atoms with van der Waals surface area (Å²) in [6.45, 7) is 2.91. The summed E-state index contributed by atoms with van der Waals surface area (Å²) in [6.07, 6.45) is 0.927. The molecule has 2 N–H and O–H groups in total. The Morgan fingerprint density at radius 1 is 1.14 bits per heavy atom. The maximum absolute atomic E-state index is 13.7. The van der Waals surface area contributed by atoms with Gasteiger partial charge in [-0.05, 0) is 30.0 Å². The quantitative estimate of drug-likeness (QED) is 0.788. The minimum atomic E-state index is -0.325. The number of nitrogens with two attached hydrogens (primary N) is 1. The molecule has 0 aliphatic heterocycles. The van der Waals surface area contributed by atoms with Crippen LogP contribution in [0.2, 0.25) is 0 Å². The maximum Gasteiger partial charge on any atom is 0.201 e. The smallest absolute Gasteiger partial charge is 0.201 e. The lowest BCUT2D eigenvalue weighted by molar-refractivity contribution is 0.590. The monoisotopic (exact) mass is 283 g/mol. The number of nitrogens with zero attached hydrogens (tertiary/aromatic N) is 2. The third-order valence-corrected chi connectivity index (χ3v) is 3.91. The van der Waals surface area contributed by atoms with Gasteiger partial charge in [0, 0.05) is 6.54 Å². The fraction of sp³-hybridized carbons (Fsp3) is 0.235. The summed E-state index contributed by atoms with van der Waals surface area (Å²) >= 11 is 0. The molecule has 3 aromatic rings. The first-order valence-electron chi connectivity index (χ1n) is 7.12. The van der Waals surface area contributed by atoms with Crippen molar-refractivity contribution < 1.29 is 4.39 Å². The minimum Gasteiger partial charge on any atom is -0.369 e. The highest BCUT2D eigenvalue weighted by Crippen LogP contribution is 2.24. The number of anilines is 1. The van der Waals surface area contributed by atoms with Crippen molar-refractivity contribution in [3.05, 3.63) is 59.9 Å². The molecule has 21 heavy (non-hydrogen) atoms. The molecule has 1 heterocycles. The van der Waals surface area contributed by atoms with Gasteiger partial charge in [-0.25, -0.2) is 9.37 Å². The number of hydrogen-bond donors (Lipinski definition) is 1. The van der Waals surface area contributed by atoms with Gasteiger partial charge in [-0.1, -0.05) is 43.3 Å². The van der Waals surface area contributed by atoms with Gasteiger partial charge in [0.05, 0.1) is 5.52 Å². The van der Waals surface area contributed by atoms with Gasteiger partial charge >= 0.3 is 0 Å². The van der Waals surface area contributed by atoms with Crippen molar-refractivity contribution in [3.8, 4) is 0 Å². The first kappa shape index (κ1) is 13.6. The lowest BCUT2D eigenvalue weighted by atomic mass is 9.98. The maximum atomic E-state index is 13.7. The summed E-state index contributed by atoms with van der Waals surface area (Å²) < 4.78 is 15.6. The molecule has 0 amide bonds. The summed E-state index contributed by atoms with van der Waals surface area (Å²) in [5.74, 6) is 0.459. The van der Waals surface area contributed by atoms with E-state index >= 15 is 0 Å². The molecule has 0 spiro atoms. The third-order valence-electron chi connectivity index (χ3n) is 3.91. The highest BCUT2D eigenvalue weighted by atomic mass is 19.1. The number of hydrogen-bond acceptors (Lipinski definition) is 2. The number of benzene rings is 2. The molecular weight excluding hydrogens is 265 g/mol. The Balaban J connectivity index is 1.83. The molecule has 0 aliphatic rings. The summed E-state index contributed by atoms with van der Waals surface area (Å²) in [7, 11) is 0. The highest BCUT2D eigenvalue weighted by Gasteiger charge is 2.13. The van der Waals surface area contributed by atoms with Crippen molar-refractivity contribution in [1.82, 2.24) is 9.55 Å². The van der Waals surface area contributed by atoms with E-state index in [1.165, 1.54) is 11.6 Å². The van der Waals surface area contributed by atoms with Crippen LogP contribution in [0.3, 0.4) is 0 Å². The molecule has 4 heteroatoms. The predicted molar refractivity (Wildman–Crippen MR) is 83.6 cm³/mol. The van der Waals surface area contributed by atoms with Crippen LogP contribution < -0.4 is 5.73 Å². The number of para-hydroxylation sites is 1. The molecule has 1 unspecified atom stereocenters. The lowest BCUT2D eigenvalue weighted by Crippen LogP contribution is -2.06. The van der Waals surface area contributed by atoms with Gasteiger partial charge in [-0.15, -0.1) is 0 Å². The van der Waals surface area contributed by atoms with Crippen LogP contribution in [0.4, 0.5) is 10.3 Å². The van der Waals surface area contributed by atoms with Crippen molar-refractivity contribution in [2.24, 2.45) is 0 Å². The second-order valence-corrected chi connectivity index (χ2v) is 5.33. The Kier molecular flexibility index (Phi) is 3.60. The fourth-order valence-electron chi connectivity index (χ4n) is 2.64. The molecule has 0 fully saturated rings. The number of nitrogen functional groups attached to an aromatic ring is 1. The van der Waals surface area contributed by atoms with Crippen molar-refractivity contribution in [2.45, 2.75) is 25.8 Å². The summed E-state index contributed by atoms with van der Waals surface area (Å²) in [5, 5.41) is 0. The van der Waals surface area contributed by atoms with Crippen LogP contribution in [0.25, 0.3) is 11.0 Å². The number of halogens is 1. The van der Waals surface area contributed by atoms with E-state index in [4.69, 9.17) is 5.73 Å². The third kappa shape index (κ3) is 2.61. The normalized spacial score (nSPS) is 12.7. The SMILES string of the molecule is CC(CCn1c(N)nc2c(F)cccc21)c1ccccc1. The number of imidazole rings is 1. The van der Waals surface area contributed by atoms with E-state index in [-0.39, 0.29) is 5.82 Å². The zero-order valence-electron chi connectivity index (χ0n) is 12.0. The highest BCUT2D eigenvalue weighted by molar-refractivity contribution is 5.78. The van der Waals surface area contributed by atoms with Crippen LogP contribution in [0.5, 0.6) is 0 Å². The van der Waals surface area contributed by atoms with Gasteiger partial charge in [-0.3, -0.25) is 0 Å². The van der Waals surface area contributed by atoms with E-state index in [0.29, 0.717) is 17.4 Å². The van der Waals surface area contributed by atoms with E-state index in [2.05, 4.69) is 24.0 Å². The second kappa shape index (κ2) is 5.56. The van der Waals surface area contributed by atoms with Gasteiger partial charge < -0.3 is 10.3 Å². The molecule has 0 bridgehead atoms. The van der Waals surface area contributed by atoms with Crippen LogP contribution in [-0.4, -0.2) is 9.55 Å². The Morgan fingerprint density at radius 3 is 2.67 bits per heavy atom. The van der Waals surface area contributed by atoms with Gasteiger partial charge in [0.1, 0.15) is 5.52 Å². The largest absolute Gasteiger partial charge is 0.369 e. The summed E-state index contributed by atoms with van der Waals surface area (Å²) in [5.41, 5.74) is 8.34. The zero-order chi connectivity index (χ0) is 14.8. The Labute approximate surface area is 123 Å². The Bertz CT molecular complexity index is 749. The van der Waals surface area contributed by atoms with Gasteiger partial charge in [0.15, 0.2) is 5.82 Å². The Morgan fingerprint density at radius 2 is 1.90 bits per heavy atom. The van der Waals surface area contributed by atoms with Crippen LogP contribution in [0.1, 0.15) is 24.8 Å². The second-order valence-electron chi connectivity index (χ2n) is 5.33. The van der Waals surface area contributed by atoms with Gasteiger partial charge in [0.25, 0.3) is 0 Å². The van der Waals surface area contributed by atoms with Crippen LogP contribution in [0, 0.1) is 5.82 Å². The standard InChI is InChI=1S/C17H18FN3/c1-12(13-6-3-2-4-7-13)10-11-21-15-9-5-8-14(18)16(15)20-17(21)19/h2-9,12H,10-11H2,1H3,(H2,19,20). The van der Waals surface area contributed by atoms with Crippen molar-refractivity contribution >= 4 is 17.0 Å². The molecule has 108 valence electrons. The van der Waals surface area contributed by atoms with E-state index in [9.17, 15) is 4.39 Å². The van der Waals surface area contributed by atoms with E-state index in [0.717, 1.165) is 18.5 Å². The molecule has 0 aliphatic carbocycles. The topological polar surface area (TPSA) is 43.8 Å². The van der Waals surface area contributed by atoms with Crippen LogP contribution >= 0.6 is 0 Å². The first-order valence-corrected chi connectivity index (χ1v) is 7.12. The summed E-state index contributed by atoms with van der Waals surface area (Å²) in [4.78, 5) is 4.13.